The molecule has 88 valence electrons. The first-order valence-electron chi connectivity index (χ1n) is 5.27. The van der Waals surface area contributed by atoms with Crippen LogP contribution in [0.2, 0.25) is 0 Å². The van der Waals surface area contributed by atoms with Gasteiger partial charge in [0.15, 0.2) is 0 Å². The normalized spacial score (nSPS) is 24.3. The number of alkyl halides is 3. The molecule has 1 aliphatic heterocycles. The SMILES string of the molecule is CC[C@H](Cl)C(=O)N1CCC[C@@H](C(F)F)C1. The Morgan fingerprint density at radius 3 is 2.80 bits per heavy atom. The van der Waals surface area contributed by atoms with Gasteiger partial charge in [0.1, 0.15) is 5.38 Å². The van der Waals surface area contributed by atoms with Crippen LogP contribution < -0.4 is 0 Å². The van der Waals surface area contributed by atoms with Gasteiger partial charge in [-0.25, -0.2) is 8.78 Å². The summed E-state index contributed by atoms with van der Waals surface area (Å²) in [4.78, 5) is 13.1. The predicted octanol–water partition coefficient (Wildman–Crippen LogP) is 2.51. The number of likely N-dealkylation sites (tertiary alicyclic amines) is 1. The molecule has 5 heteroatoms. The molecule has 0 radical (unpaired) electrons. The first-order chi connectivity index (χ1) is 7.06. The average molecular weight is 240 g/mol. The third kappa shape index (κ3) is 3.30. The molecule has 1 heterocycles. The highest BCUT2D eigenvalue weighted by atomic mass is 35.5. The third-order valence-electron chi connectivity index (χ3n) is 2.75. The fourth-order valence-electron chi connectivity index (χ4n) is 1.79. The summed E-state index contributed by atoms with van der Waals surface area (Å²) in [7, 11) is 0. The number of nitrogens with zero attached hydrogens (tertiary/aromatic N) is 1. The van der Waals surface area contributed by atoms with Crippen LogP contribution in [-0.2, 0) is 4.79 Å². The van der Waals surface area contributed by atoms with Crippen LogP contribution >= 0.6 is 11.6 Å². The van der Waals surface area contributed by atoms with Gasteiger partial charge in [-0.3, -0.25) is 4.79 Å². The molecule has 15 heavy (non-hydrogen) atoms. The molecule has 0 N–H and O–H groups in total. The van der Waals surface area contributed by atoms with Gasteiger partial charge in [-0.05, 0) is 19.3 Å². The number of piperidine rings is 1. The average Bonchev–Trinajstić information content (AvgIpc) is 2.27. The highest BCUT2D eigenvalue weighted by Gasteiger charge is 2.31. The van der Waals surface area contributed by atoms with Gasteiger partial charge in [-0.15, -0.1) is 11.6 Å². The monoisotopic (exact) mass is 239 g/mol. The molecule has 1 fully saturated rings. The van der Waals surface area contributed by atoms with Gasteiger partial charge in [0, 0.05) is 19.0 Å². The number of amides is 1. The van der Waals surface area contributed by atoms with Crippen molar-refractivity contribution in [2.45, 2.75) is 38.0 Å². The number of halogens is 3. The molecule has 0 saturated carbocycles. The van der Waals surface area contributed by atoms with Crippen molar-refractivity contribution in [3.63, 3.8) is 0 Å². The molecule has 1 aliphatic rings. The van der Waals surface area contributed by atoms with E-state index in [1.807, 2.05) is 6.92 Å². The summed E-state index contributed by atoms with van der Waals surface area (Å²) in [5.74, 6) is -0.882. The second-order valence-electron chi connectivity index (χ2n) is 3.90. The second kappa shape index (κ2) is 5.64. The van der Waals surface area contributed by atoms with Crippen molar-refractivity contribution in [1.82, 2.24) is 4.90 Å². The zero-order valence-electron chi connectivity index (χ0n) is 8.76. The molecule has 0 aromatic heterocycles. The van der Waals surface area contributed by atoms with E-state index in [0.29, 0.717) is 25.8 Å². The Labute approximate surface area is 93.6 Å². The lowest BCUT2D eigenvalue weighted by atomic mass is 9.98. The molecule has 0 aromatic rings. The van der Waals surface area contributed by atoms with E-state index >= 15 is 0 Å². The van der Waals surface area contributed by atoms with Crippen molar-refractivity contribution in [2.24, 2.45) is 5.92 Å². The van der Waals surface area contributed by atoms with Crippen LogP contribution in [0.5, 0.6) is 0 Å². The first-order valence-corrected chi connectivity index (χ1v) is 5.71. The lowest BCUT2D eigenvalue weighted by molar-refractivity contribution is -0.133. The summed E-state index contributed by atoms with van der Waals surface area (Å²) in [6.07, 6.45) is -0.652. The quantitative estimate of drug-likeness (QED) is 0.693. The summed E-state index contributed by atoms with van der Waals surface area (Å²) in [6.45, 7) is 2.52. The topological polar surface area (TPSA) is 20.3 Å². The first kappa shape index (κ1) is 12.7. The number of hydrogen-bond donors (Lipinski definition) is 0. The van der Waals surface area contributed by atoms with E-state index < -0.39 is 17.7 Å². The third-order valence-corrected chi connectivity index (χ3v) is 3.25. The molecular weight excluding hydrogens is 224 g/mol. The van der Waals surface area contributed by atoms with Gasteiger partial charge < -0.3 is 4.90 Å². The summed E-state index contributed by atoms with van der Waals surface area (Å²) in [5, 5.41) is -0.568. The van der Waals surface area contributed by atoms with E-state index in [4.69, 9.17) is 11.6 Å². The molecule has 2 atom stereocenters. The summed E-state index contributed by atoms with van der Waals surface area (Å²) >= 11 is 5.80. The van der Waals surface area contributed by atoms with Crippen molar-refractivity contribution in [3.8, 4) is 0 Å². The number of rotatable bonds is 3. The zero-order valence-corrected chi connectivity index (χ0v) is 9.51. The smallest absolute Gasteiger partial charge is 0.243 e. The molecule has 0 aliphatic carbocycles. The van der Waals surface area contributed by atoms with Gasteiger partial charge in [0.25, 0.3) is 0 Å². The number of carbonyl (C=O) groups is 1. The van der Waals surface area contributed by atoms with E-state index in [2.05, 4.69) is 0 Å². The Bertz CT molecular complexity index is 225. The van der Waals surface area contributed by atoms with Crippen molar-refractivity contribution < 1.29 is 13.6 Å². The Hall–Kier alpha value is -0.380. The molecule has 1 amide bonds. The molecular formula is C10H16ClF2NO. The van der Waals surface area contributed by atoms with E-state index in [-0.39, 0.29) is 12.5 Å². The number of hydrogen-bond acceptors (Lipinski definition) is 1. The lowest BCUT2D eigenvalue weighted by Crippen LogP contribution is -2.45. The predicted molar refractivity (Wildman–Crippen MR) is 55.2 cm³/mol. The maximum atomic E-state index is 12.5. The molecule has 1 saturated heterocycles. The summed E-state index contributed by atoms with van der Waals surface area (Å²) in [6, 6.07) is 0. The Kier molecular flexibility index (Phi) is 4.77. The fraction of sp³-hybridized carbons (Fsp3) is 0.900. The van der Waals surface area contributed by atoms with Crippen molar-refractivity contribution in [3.05, 3.63) is 0 Å². The Balaban J connectivity index is 2.52. The second-order valence-corrected chi connectivity index (χ2v) is 4.42. The molecule has 0 spiro atoms. The van der Waals surface area contributed by atoms with E-state index in [0.717, 1.165) is 0 Å². The van der Waals surface area contributed by atoms with Crippen LogP contribution in [-0.4, -0.2) is 35.7 Å². The molecule has 2 nitrogen and oxygen atoms in total. The largest absolute Gasteiger partial charge is 0.341 e. The summed E-state index contributed by atoms with van der Waals surface area (Å²) < 4.78 is 24.9. The maximum absolute atomic E-state index is 12.5. The highest BCUT2D eigenvalue weighted by molar-refractivity contribution is 6.30. The minimum absolute atomic E-state index is 0.152. The maximum Gasteiger partial charge on any atom is 0.243 e. The van der Waals surface area contributed by atoms with Crippen LogP contribution in [0.4, 0.5) is 8.78 Å². The van der Waals surface area contributed by atoms with Gasteiger partial charge >= 0.3 is 0 Å². The molecule has 1 rings (SSSR count). The lowest BCUT2D eigenvalue weighted by Gasteiger charge is -2.33. The van der Waals surface area contributed by atoms with Crippen LogP contribution in [0.25, 0.3) is 0 Å². The minimum atomic E-state index is -2.34. The van der Waals surface area contributed by atoms with Crippen molar-refractivity contribution >= 4 is 17.5 Å². The minimum Gasteiger partial charge on any atom is -0.341 e. The van der Waals surface area contributed by atoms with Gasteiger partial charge in [-0.1, -0.05) is 6.92 Å². The van der Waals surface area contributed by atoms with Crippen LogP contribution in [0.15, 0.2) is 0 Å². The molecule has 0 unspecified atom stereocenters. The van der Waals surface area contributed by atoms with Crippen molar-refractivity contribution in [2.75, 3.05) is 13.1 Å². The van der Waals surface area contributed by atoms with Crippen LogP contribution in [0, 0.1) is 5.92 Å². The van der Waals surface area contributed by atoms with Crippen LogP contribution in [0.1, 0.15) is 26.2 Å². The van der Waals surface area contributed by atoms with Gasteiger partial charge in [-0.2, -0.15) is 0 Å². The molecule has 0 bridgehead atoms. The standard InChI is InChI=1S/C10H16ClF2NO/c1-2-8(11)10(15)14-5-3-4-7(6-14)9(12)13/h7-9H,2-6H2,1H3/t7-,8+/m1/s1. The summed E-state index contributed by atoms with van der Waals surface area (Å²) in [5.41, 5.74) is 0. The molecule has 0 aromatic carbocycles. The van der Waals surface area contributed by atoms with E-state index in [9.17, 15) is 13.6 Å². The van der Waals surface area contributed by atoms with Crippen molar-refractivity contribution in [1.29, 1.82) is 0 Å². The zero-order chi connectivity index (χ0) is 11.4. The van der Waals surface area contributed by atoms with E-state index in [1.165, 1.54) is 4.90 Å². The number of carbonyl (C=O) groups excluding carboxylic acids is 1. The Morgan fingerprint density at radius 1 is 1.60 bits per heavy atom. The Morgan fingerprint density at radius 2 is 2.27 bits per heavy atom. The van der Waals surface area contributed by atoms with Gasteiger partial charge in [0.2, 0.25) is 12.3 Å². The highest BCUT2D eigenvalue weighted by Crippen LogP contribution is 2.23. The van der Waals surface area contributed by atoms with Crippen LogP contribution in [0.3, 0.4) is 0 Å². The van der Waals surface area contributed by atoms with Gasteiger partial charge in [0.05, 0.1) is 0 Å². The van der Waals surface area contributed by atoms with E-state index in [1.54, 1.807) is 0 Å². The fourth-order valence-corrected chi connectivity index (χ4v) is 1.93.